The topological polar surface area (TPSA) is 79.3 Å². The zero-order valence-corrected chi connectivity index (χ0v) is 12.4. The van der Waals surface area contributed by atoms with Crippen LogP contribution in [0.1, 0.15) is 32.5 Å². The molecule has 0 saturated carbocycles. The Kier molecular flexibility index (Phi) is 4.54. The zero-order valence-electron chi connectivity index (χ0n) is 10.8. The second-order valence-electron chi connectivity index (χ2n) is 4.06. The minimum Gasteiger partial charge on any atom is -0.478 e. The van der Waals surface area contributed by atoms with Crippen molar-refractivity contribution in [2.24, 2.45) is 0 Å². The van der Waals surface area contributed by atoms with Gasteiger partial charge in [-0.15, -0.1) is 11.3 Å². The summed E-state index contributed by atoms with van der Waals surface area (Å²) in [6.45, 7) is 1.87. The fourth-order valence-electron chi connectivity index (χ4n) is 1.62. The normalized spacial score (nSPS) is 10.4. The number of carboxylic acid groups (broad SMARTS) is 1. The van der Waals surface area contributed by atoms with Crippen LogP contribution in [0.15, 0.2) is 18.3 Å². The first-order valence-electron chi connectivity index (χ1n) is 5.90. The summed E-state index contributed by atoms with van der Waals surface area (Å²) in [5.74, 6) is -2.56. The van der Waals surface area contributed by atoms with Gasteiger partial charge in [-0.3, -0.25) is 4.79 Å². The fraction of sp³-hybridized carbons (Fsp3) is 0.154. The van der Waals surface area contributed by atoms with Crippen LogP contribution >= 0.6 is 22.9 Å². The van der Waals surface area contributed by atoms with Gasteiger partial charge >= 0.3 is 5.97 Å². The van der Waals surface area contributed by atoms with Crippen molar-refractivity contribution in [2.75, 3.05) is 5.32 Å². The molecule has 5 nitrogen and oxygen atoms in total. The van der Waals surface area contributed by atoms with E-state index in [0.29, 0.717) is 6.42 Å². The Morgan fingerprint density at radius 1 is 1.43 bits per heavy atom. The number of carbonyl (C=O) groups is 2. The Morgan fingerprint density at radius 2 is 2.14 bits per heavy atom. The average molecular weight is 329 g/mol. The summed E-state index contributed by atoms with van der Waals surface area (Å²) in [5.41, 5.74) is -0.162. The molecule has 21 heavy (non-hydrogen) atoms. The molecule has 0 unspecified atom stereocenters. The largest absolute Gasteiger partial charge is 0.478 e. The molecule has 2 rings (SSSR count). The minimum absolute atomic E-state index is 0.00863. The Morgan fingerprint density at radius 3 is 2.76 bits per heavy atom. The van der Waals surface area contributed by atoms with Gasteiger partial charge in [0.05, 0.1) is 17.3 Å². The monoisotopic (exact) mass is 328 g/mol. The lowest BCUT2D eigenvalue weighted by Crippen LogP contribution is -2.14. The van der Waals surface area contributed by atoms with E-state index in [2.05, 4.69) is 10.3 Å². The van der Waals surface area contributed by atoms with Crippen molar-refractivity contribution in [1.82, 2.24) is 4.98 Å². The number of aryl methyl sites for hydroxylation is 1. The molecule has 2 N–H and O–H groups in total. The van der Waals surface area contributed by atoms with Crippen molar-refractivity contribution in [3.05, 3.63) is 45.3 Å². The predicted octanol–water partition coefficient (Wildman–Crippen LogP) is 3.45. The number of nitrogens with one attached hydrogen (secondary N) is 1. The summed E-state index contributed by atoms with van der Waals surface area (Å²) in [7, 11) is 0. The van der Waals surface area contributed by atoms with E-state index in [1.54, 1.807) is 0 Å². The summed E-state index contributed by atoms with van der Waals surface area (Å²) >= 11 is 6.89. The first-order valence-corrected chi connectivity index (χ1v) is 7.10. The molecule has 1 amide bonds. The minimum atomic E-state index is -1.15. The maximum atomic E-state index is 13.1. The summed E-state index contributed by atoms with van der Waals surface area (Å²) in [4.78, 5) is 27.6. The molecule has 8 heteroatoms. The van der Waals surface area contributed by atoms with Crippen molar-refractivity contribution in [1.29, 1.82) is 0 Å². The van der Waals surface area contributed by atoms with E-state index in [4.69, 9.17) is 16.7 Å². The highest BCUT2D eigenvalue weighted by Gasteiger charge is 2.19. The van der Waals surface area contributed by atoms with Crippen LogP contribution < -0.4 is 5.32 Å². The number of aromatic carboxylic acids is 1. The summed E-state index contributed by atoms with van der Waals surface area (Å²) in [5, 5.41) is 11.6. The SMILES string of the molecule is CCc1cc(C(=O)O)c(NC(=O)c2cc(F)cnc2Cl)s1. The molecule has 0 radical (unpaired) electrons. The van der Waals surface area contributed by atoms with Crippen LogP contribution in [0, 0.1) is 5.82 Å². The van der Waals surface area contributed by atoms with Crippen LogP contribution in [0.25, 0.3) is 0 Å². The zero-order chi connectivity index (χ0) is 15.6. The number of amides is 1. The Labute approximate surface area is 128 Å². The first-order chi connectivity index (χ1) is 9.92. The van der Waals surface area contributed by atoms with Gasteiger partial charge in [0, 0.05) is 4.88 Å². The predicted molar refractivity (Wildman–Crippen MR) is 77.8 cm³/mol. The summed E-state index contributed by atoms with van der Waals surface area (Å²) in [6.07, 6.45) is 1.53. The molecule has 0 fully saturated rings. The van der Waals surface area contributed by atoms with Gasteiger partial charge < -0.3 is 10.4 Å². The molecule has 0 bridgehead atoms. The van der Waals surface area contributed by atoms with Crippen molar-refractivity contribution in [3.8, 4) is 0 Å². The second-order valence-corrected chi connectivity index (χ2v) is 5.56. The van der Waals surface area contributed by atoms with Crippen LogP contribution in [0.4, 0.5) is 9.39 Å². The van der Waals surface area contributed by atoms with Gasteiger partial charge in [0.2, 0.25) is 0 Å². The number of anilines is 1. The molecule has 0 aromatic carbocycles. The van der Waals surface area contributed by atoms with Gasteiger partial charge in [-0.1, -0.05) is 18.5 Å². The molecule has 0 aliphatic heterocycles. The molecule has 2 aromatic rings. The molecule has 2 heterocycles. The number of carbonyl (C=O) groups excluding carboxylic acids is 1. The van der Waals surface area contributed by atoms with E-state index in [9.17, 15) is 14.0 Å². The molecular weight excluding hydrogens is 319 g/mol. The van der Waals surface area contributed by atoms with Crippen LogP contribution in [0.2, 0.25) is 5.15 Å². The number of rotatable bonds is 4. The lowest BCUT2D eigenvalue weighted by molar-refractivity contribution is 0.0698. The number of nitrogens with zero attached hydrogens (tertiary/aromatic N) is 1. The van der Waals surface area contributed by atoms with Crippen molar-refractivity contribution in [3.63, 3.8) is 0 Å². The Hall–Kier alpha value is -1.99. The molecule has 0 spiro atoms. The third kappa shape index (κ3) is 3.37. The van der Waals surface area contributed by atoms with Crippen LogP contribution in [0.3, 0.4) is 0 Å². The van der Waals surface area contributed by atoms with Gasteiger partial charge in [0.25, 0.3) is 5.91 Å². The molecule has 110 valence electrons. The summed E-state index contributed by atoms with van der Waals surface area (Å²) in [6, 6.07) is 2.44. The molecule has 0 aliphatic rings. The number of hydrogen-bond donors (Lipinski definition) is 2. The standard InChI is InChI=1S/C13H10ClFN2O3S/c1-2-7-4-9(13(19)20)12(21-7)17-11(18)8-3-6(15)5-16-10(8)14/h3-5H,2H2,1H3,(H,17,18)(H,19,20). The van der Waals surface area contributed by atoms with Crippen molar-refractivity contribution >= 4 is 39.8 Å². The molecular formula is C13H10ClFN2O3S. The summed E-state index contributed by atoms with van der Waals surface area (Å²) < 4.78 is 13.1. The number of pyridine rings is 1. The number of aromatic nitrogens is 1. The molecule has 2 aromatic heterocycles. The lowest BCUT2D eigenvalue weighted by atomic mass is 10.2. The quantitative estimate of drug-likeness (QED) is 0.842. The van der Waals surface area contributed by atoms with Crippen LogP contribution in [-0.2, 0) is 6.42 Å². The first kappa shape index (κ1) is 15.4. The smallest absolute Gasteiger partial charge is 0.338 e. The molecule has 0 saturated heterocycles. The highest BCUT2D eigenvalue weighted by Crippen LogP contribution is 2.29. The molecule has 0 aliphatic carbocycles. The fourth-order valence-corrected chi connectivity index (χ4v) is 2.79. The van der Waals surface area contributed by atoms with Gasteiger partial charge in [-0.05, 0) is 18.6 Å². The Bertz CT molecular complexity index is 717. The van der Waals surface area contributed by atoms with Gasteiger partial charge in [0.15, 0.2) is 0 Å². The van der Waals surface area contributed by atoms with E-state index < -0.39 is 17.7 Å². The number of hydrogen-bond acceptors (Lipinski definition) is 4. The number of thiophene rings is 1. The number of carboxylic acids is 1. The average Bonchev–Trinajstić information content (AvgIpc) is 2.84. The van der Waals surface area contributed by atoms with Crippen LogP contribution in [0.5, 0.6) is 0 Å². The Balaban J connectivity index is 2.33. The third-order valence-corrected chi connectivity index (χ3v) is 4.14. The van der Waals surface area contributed by atoms with Crippen molar-refractivity contribution in [2.45, 2.75) is 13.3 Å². The lowest BCUT2D eigenvalue weighted by Gasteiger charge is -2.05. The van der Waals surface area contributed by atoms with Gasteiger partial charge in [0.1, 0.15) is 16.0 Å². The third-order valence-electron chi connectivity index (χ3n) is 2.64. The molecule has 0 atom stereocenters. The highest BCUT2D eigenvalue weighted by atomic mass is 35.5. The van der Waals surface area contributed by atoms with Crippen LogP contribution in [-0.4, -0.2) is 22.0 Å². The van der Waals surface area contributed by atoms with E-state index in [-0.39, 0.29) is 21.3 Å². The van der Waals surface area contributed by atoms with E-state index in [0.717, 1.165) is 28.5 Å². The van der Waals surface area contributed by atoms with Gasteiger partial charge in [-0.25, -0.2) is 14.2 Å². The van der Waals surface area contributed by atoms with E-state index in [1.165, 1.54) is 6.07 Å². The van der Waals surface area contributed by atoms with Crippen molar-refractivity contribution < 1.29 is 19.1 Å². The van der Waals surface area contributed by atoms with Gasteiger partial charge in [-0.2, -0.15) is 0 Å². The highest BCUT2D eigenvalue weighted by molar-refractivity contribution is 7.16. The maximum Gasteiger partial charge on any atom is 0.338 e. The van der Waals surface area contributed by atoms with E-state index in [1.807, 2.05) is 6.92 Å². The number of halogens is 2. The van der Waals surface area contributed by atoms with E-state index >= 15 is 0 Å². The maximum absolute atomic E-state index is 13.1. The second kappa shape index (κ2) is 6.19.